The van der Waals surface area contributed by atoms with E-state index < -0.39 is 0 Å². The molecule has 7 atom stereocenters. The summed E-state index contributed by atoms with van der Waals surface area (Å²) >= 11 is 2.48. The van der Waals surface area contributed by atoms with E-state index in [1.54, 1.807) is 5.57 Å². The lowest BCUT2D eigenvalue weighted by molar-refractivity contribution is -0.127. The third kappa shape index (κ3) is 4.20. The summed E-state index contributed by atoms with van der Waals surface area (Å²) in [4.78, 5) is 12.3. The lowest BCUT2D eigenvalue weighted by atomic mass is 9.47. The summed E-state index contributed by atoms with van der Waals surface area (Å²) in [5.41, 5.74) is 2.38. The topological polar surface area (TPSA) is 26.3 Å². The van der Waals surface area contributed by atoms with E-state index in [1.165, 1.54) is 75.1 Å². The van der Waals surface area contributed by atoms with Crippen LogP contribution in [0.25, 0.3) is 0 Å². The number of carbonyl (C=O) groups excluding carboxylic acids is 1. The number of halogens is 1. The molecule has 3 unspecified atom stereocenters. The molecule has 3 fully saturated rings. The van der Waals surface area contributed by atoms with Gasteiger partial charge in [-0.25, -0.2) is 0 Å². The molecule has 0 spiro atoms. The van der Waals surface area contributed by atoms with Crippen molar-refractivity contribution in [3.05, 3.63) is 11.6 Å². The van der Waals surface area contributed by atoms with Crippen molar-refractivity contribution >= 4 is 28.4 Å². The molecule has 0 bridgehead atoms. The Morgan fingerprint density at radius 2 is 1.87 bits per heavy atom. The summed E-state index contributed by atoms with van der Waals surface area (Å²) in [6, 6.07) is 0. The van der Waals surface area contributed by atoms with Crippen molar-refractivity contribution < 1.29 is 9.53 Å². The molecule has 0 heterocycles. The van der Waals surface area contributed by atoms with Crippen LogP contribution < -0.4 is 0 Å². The van der Waals surface area contributed by atoms with Crippen molar-refractivity contribution in [2.24, 2.45) is 34.5 Å². The molecule has 0 N–H and O–H groups in total. The molecule has 0 aromatic carbocycles. The quantitative estimate of drug-likeness (QED) is 0.141. The first-order valence-corrected chi connectivity index (χ1v) is 14.3. The zero-order valence-electron chi connectivity index (χ0n) is 19.6. The van der Waals surface area contributed by atoms with Crippen molar-refractivity contribution in [3.8, 4) is 0 Å². The monoisotopic (exact) mass is 526 g/mol. The number of unbranched alkanes of at least 4 members (excludes halogenated alkanes) is 3. The predicted octanol–water partition coefficient (Wildman–Crippen LogP) is 7.54. The number of hydrogen-bond donors (Lipinski definition) is 0. The van der Waals surface area contributed by atoms with Crippen LogP contribution in [-0.2, 0) is 9.53 Å². The number of hydrogen-bond acceptors (Lipinski definition) is 2. The molecule has 30 heavy (non-hydrogen) atoms. The second-order valence-corrected chi connectivity index (χ2v) is 12.5. The van der Waals surface area contributed by atoms with Crippen LogP contribution in [0.4, 0.5) is 0 Å². The highest BCUT2D eigenvalue weighted by Gasteiger charge is 2.59. The summed E-state index contributed by atoms with van der Waals surface area (Å²) in [5.74, 6) is 3.16. The molecule has 0 aromatic rings. The second-order valence-electron chi connectivity index (χ2n) is 11.4. The van der Waals surface area contributed by atoms with Crippen LogP contribution in [0.5, 0.6) is 0 Å². The fourth-order valence-corrected chi connectivity index (χ4v) is 8.78. The third-order valence-electron chi connectivity index (χ3n) is 9.93. The maximum Gasteiger partial charge on any atom is 0.133 e. The van der Waals surface area contributed by atoms with Crippen molar-refractivity contribution in [2.75, 3.05) is 11.0 Å². The molecule has 3 heteroatoms. The van der Waals surface area contributed by atoms with Crippen LogP contribution in [0, 0.1) is 34.5 Å². The molecule has 0 aliphatic heterocycles. The average Bonchev–Trinajstić information content (AvgIpc) is 3.08. The van der Waals surface area contributed by atoms with Gasteiger partial charge in [0.05, 0.1) is 6.10 Å². The van der Waals surface area contributed by atoms with E-state index >= 15 is 0 Å². The Labute approximate surface area is 198 Å². The smallest absolute Gasteiger partial charge is 0.133 e. The number of rotatable bonds is 8. The number of alkyl halides is 1. The average molecular weight is 527 g/mol. The van der Waals surface area contributed by atoms with Crippen molar-refractivity contribution in [1.29, 1.82) is 0 Å². The summed E-state index contributed by atoms with van der Waals surface area (Å²) in [6.45, 7) is 7.83. The number of ether oxygens (including phenoxy) is 1. The van der Waals surface area contributed by atoms with E-state index in [0.29, 0.717) is 23.2 Å². The molecule has 4 aliphatic carbocycles. The molecule has 3 saturated carbocycles. The number of allylic oxidation sites excluding steroid dienone is 1. The zero-order valence-corrected chi connectivity index (χ0v) is 21.7. The number of Topliss-reactive ketones (excluding diaryl/α,β-unsaturated/α-hetero) is 1. The standard InChI is InChI=1S/C27H43IO2/c1-19(29)23-10-11-24-22-9-8-20-18-21(30-17-7-5-4-6-16-28)12-14-26(20,2)25(22)13-15-27(23,24)3/h8,21-25H,4-7,9-18H2,1-3H3/t21-,22?,23+,24?,25?,26-,27+/m0/s1. The van der Waals surface area contributed by atoms with E-state index in [4.69, 9.17) is 4.74 Å². The first-order chi connectivity index (χ1) is 14.4. The maximum absolute atomic E-state index is 12.3. The Kier molecular flexibility index (Phi) is 7.39. The van der Waals surface area contributed by atoms with Crippen LogP contribution in [0.15, 0.2) is 11.6 Å². The Hall–Kier alpha value is 0.1000. The van der Waals surface area contributed by atoms with Gasteiger partial charge in [0.1, 0.15) is 5.78 Å². The second kappa shape index (κ2) is 9.53. The van der Waals surface area contributed by atoms with Gasteiger partial charge in [0, 0.05) is 12.5 Å². The van der Waals surface area contributed by atoms with Gasteiger partial charge < -0.3 is 4.74 Å². The van der Waals surface area contributed by atoms with Crippen molar-refractivity contribution in [1.82, 2.24) is 0 Å². The highest BCUT2D eigenvalue weighted by atomic mass is 127. The van der Waals surface area contributed by atoms with Gasteiger partial charge in [-0.3, -0.25) is 4.79 Å². The molecule has 0 amide bonds. The predicted molar refractivity (Wildman–Crippen MR) is 133 cm³/mol. The van der Waals surface area contributed by atoms with Crippen LogP contribution in [-0.4, -0.2) is 22.9 Å². The number of ketones is 1. The largest absolute Gasteiger partial charge is 0.378 e. The lowest BCUT2D eigenvalue weighted by Gasteiger charge is -2.58. The van der Waals surface area contributed by atoms with E-state index in [2.05, 4.69) is 42.5 Å². The first kappa shape index (κ1) is 23.3. The SMILES string of the molecule is CC(=O)[C@H]1CCC2C3CC=C4C[C@@H](OCCCCCCI)CC[C@]4(C)C3CC[C@@]21C. The Morgan fingerprint density at radius 3 is 2.63 bits per heavy atom. The summed E-state index contributed by atoms with van der Waals surface area (Å²) in [6.07, 6.45) is 18.3. The van der Waals surface area contributed by atoms with Gasteiger partial charge in [0.2, 0.25) is 0 Å². The van der Waals surface area contributed by atoms with Gasteiger partial charge in [0.25, 0.3) is 0 Å². The van der Waals surface area contributed by atoms with E-state index in [9.17, 15) is 4.79 Å². The summed E-state index contributed by atoms with van der Waals surface area (Å²) in [7, 11) is 0. The Balaban J connectivity index is 1.38. The summed E-state index contributed by atoms with van der Waals surface area (Å²) < 4.78 is 7.62. The van der Waals surface area contributed by atoms with Gasteiger partial charge in [0.15, 0.2) is 0 Å². The van der Waals surface area contributed by atoms with E-state index in [-0.39, 0.29) is 5.41 Å². The third-order valence-corrected chi connectivity index (χ3v) is 10.7. The molecule has 4 rings (SSSR count). The minimum atomic E-state index is 0.270. The Bertz CT molecular complexity index is 657. The fourth-order valence-electron chi connectivity index (χ4n) is 8.24. The minimum Gasteiger partial charge on any atom is -0.378 e. The molecular formula is C27H43IO2. The molecule has 170 valence electrons. The van der Waals surface area contributed by atoms with Gasteiger partial charge in [-0.15, -0.1) is 0 Å². The van der Waals surface area contributed by atoms with E-state index in [0.717, 1.165) is 30.8 Å². The molecular weight excluding hydrogens is 483 g/mol. The molecule has 4 aliphatic rings. The highest BCUT2D eigenvalue weighted by Crippen LogP contribution is 2.66. The molecule has 0 aromatic heterocycles. The Morgan fingerprint density at radius 1 is 1.07 bits per heavy atom. The first-order valence-electron chi connectivity index (χ1n) is 12.8. The maximum atomic E-state index is 12.3. The normalized spacial score (nSPS) is 42.8. The fraction of sp³-hybridized carbons (Fsp3) is 0.889. The minimum absolute atomic E-state index is 0.270. The van der Waals surface area contributed by atoms with Gasteiger partial charge >= 0.3 is 0 Å². The number of fused-ring (bicyclic) bond motifs is 5. The van der Waals surface area contributed by atoms with Gasteiger partial charge in [-0.2, -0.15) is 0 Å². The molecule has 2 nitrogen and oxygen atoms in total. The van der Waals surface area contributed by atoms with Crippen LogP contribution in [0.3, 0.4) is 0 Å². The van der Waals surface area contributed by atoms with Crippen molar-refractivity contribution in [3.63, 3.8) is 0 Å². The van der Waals surface area contributed by atoms with Gasteiger partial charge in [-0.05, 0) is 104 Å². The molecule has 0 saturated heterocycles. The van der Waals surface area contributed by atoms with Gasteiger partial charge in [-0.1, -0.05) is 60.9 Å². The highest BCUT2D eigenvalue weighted by molar-refractivity contribution is 14.1. The van der Waals surface area contributed by atoms with Crippen LogP contribution in [0.2, 0.25) is 0 Å². The van der Waals surface area contributed by atoms with Crippen LogP contribution in [0.1, 0.15) is 97.8 Å². The lowest BCUT2D eigenvalue weighted by Crippen LogP contribution is -2.51. The van der Waals surface area contributed by atoms with Crippen LogP contribution >= 0.6 is 22.6 Å². The zero-order chi connectivity index (χ0) is 21.4. The number of carbonyl (C=O) groups is 1. The summed E-state index contributed by atoms with van der Waals surface area (Å²) in [5, 5.41) is 0. The molecule has 0 radical (unpaired) electrons. The van der Waals surface area contributed by atoms with Crippen molar-refractivity contribution in [2.45, 2.75) is 104 Å². The van der Waals surface area contributed by atoms with E-state index in [1.807, 2.05) is 6.92 Å².